The number of non-ortho nitro benzene ring substituents is 1. The van der Waals surface area contributed by atoms with Gasteiger partial charge in [-0.3, -0.25) is 10.1 Å². The Morgan fingerprint density at radius 1 is 1.29 bits per heavy atom. The molecule has 6 nitrogen and oxygen atoms in total. The molecule has 1 saturated carbocycles. The monoisotopic (exact) mass is 292 g/mol. The van der Waals surface area contributed by atoms with Gasteiger partial charge in [-0.1, -0.05) is 6.07 Å². The predicted octanol–water partition coefficient (Wildman–Crippen LogP) is 3.00. The van der Waals surface area contributed by atoms with E-state index in [0.717, 1.165) is 36.9 Å². The van der Waals surface area contributed by atoms with Crippen LogP contribution in [0.25, 0.3) is 0 Å². The van der Waals surface area contributed by atoms with Gasteiger partial charge in [-0.25, -0.2) is 0 Å². The van der Waals surface area contributed by atoms with Gasteiger partial charge in [-0.05, 0) is 25.3 Å². The van der Waals surface area contributed by atoms with E-state index in [9.17, 15) is 10.1 Å². The second-order valence-corrected chi connectivity index (χ2v) is 5.78. The molecular weight excluding hydrogens is 272 g/mol. The Hall–Kier alpha value is -1.66. The lowest BCUT2D eigenvalue weighted by Gasteiger charge is -2.36. The molecule has 6 heteroatoms. The maximum atomic E-state index is 10.9. The molecule has 1 heterocycles. The Bertz CT molecular complexity index is 530. The van der Waals surface area contributed by atoms with Crippen LogP contribution in [0.1, 0.15) is 31.2 Å². The van der Waals surface area contributed by atoms with Crippen LogP contribution in [0.4, 0.5) is 11.4 Å². The molecule has 21 heavy (non-hydrogen) atoms. The number of nitro groups is 1. The smallest absolute Gasteiger partial charge is 0.271 e. The molecule has 1 N–H and O–H groups in total. The highest BCUT2D eigenvalue weighted by molar-refractivity contribution is 5.57. The summed E-state index contributed by atoms with van der Waals surface area (Å²) in [5.74, 6) is -0.365. The summed E-state index contributed by atoms with van der Waals surface area (Å²) in [6.45, 7) is 3.32. The number of ether oxygens (including phenoxy) is 2. The van der Waals surface area contributed by atoms with Gasteiger partial charge in [0.15, 0.2) is 5.79 Å². The molecule has 0 aromatic heterocycles. The molecule has 1 aliphatic heterocycles. The van der Waals surface area contributed by atoms with Crippen LogP contribution in [0.15, 0.2) is 18.2 Å². The zero-order chi connectivity index (χ0) is 14.9. The van der Waals surface area contributed by atoms with Crippen molar-refractivity contribution in [3.63, 3.8) is 0 Å². The summed E-state index contributed by atoms with van der Waals surface area (Å²) in [5, 5.41) is 14.3. The van der Waals surface area contributed by atoms with E-state index in [-0.39, 0.29) is 16.4 Å². The molecule has 0 amide bonds. The molecule has 114 valence electrons. The summed E-state index contributed by atoms with van der Waals surface area (Å²) >= 11 is 0. The van der Waals surface area contributed by atoms with Crippen molar-refractivity contribution in [1.82, 2.24) is 0 Å². The normalized spacial score (nSPS) is 21.6. The highest BCUT2D eigenvalue weighted by Crippen LogP contribution is 2.37. The summed E-state index contributed by atoms with van der Waals surface area (Å²) in [6, 6.07) is 5.25. The minimum absolute atomic E-state index is 0.123. The Balaban J connectivity index is 1.65. The summed E-state index contributed by atoms with van der Waals surface area (Å²) in [7, 11) is 0. The second kappa shape index (κ2) is 5.61. The molecule has 2 aliphatic rings. The second-order valence-electron chi connectivity index (χ2n) is 5.78. The number of benzene rings is 1. The largest absolute Gasteiger partial charge is 0.382 e. The van der Waals surface area contributed by atoms with Crippen molar-refractivity contribution < 1.29 is 14.4 Å². The van der Waals surface area contributed by atoms with Crippen LogP contribution in [0.2, 0.25) is 0 Å². The van der Waals surface area contributed by atoms with Crippen molar-refractivity contribution in [3.05, 3.63) is 33.9 Å². The van der Waals surface area contributed by atoms with E-state index >= 15 is 0 Å². The lowest BCUT2D eigenvalue weighted by Crippen LogP contribution is -2.39. The molecular formula is C15H20N2O4. The third-order valence-electron chi connectivity index (χ3n) is 4.35. The van der Waals surface area contributed by atoms with Crippen molar-refractivity contribution in [1.29, 1.82) is 0 Å². The first-order valence-electron chi connectivity index (χ1n) is 7.37. The van der Waals surface area contributed by atoms with E-state index < -0.39 is 0 Å². The van der Waals surface area contributed by atoms with Crippen LogP contribution < -0.4 is 5.32 Å². The summed E-state index contributed by atoms with van der Waals surface area (Å²) in [5.41, 5.74) is 1.99. The molecule has 0 bridgehead atoms. The molecule has 1 spiro atoms. The summed E-state index contributed by atoms with van der Waals surface area (Å²) < 4.78 is 11.4. The average molecular weight is 292 g/mol. The topological polar surface area (TPSA) is 73.6 Å². The van der Waals surface area contributed by atoms with Gasteiger partial charge >= 0.3 is 0 Å². The van der Waals surface area contributed by atoms with E-state index in [1.807, 2.05) is 6.92 Å². The molecule has 1 aromatic rings. The van der Waals surface area contributed by atoms with Crippen LogP contribution in [0.5, 0.6) is 0 Å². The minimum Gasteiger partial charge on any atom is -0.382 e. The van der Waals surface area contributed by atoms with E-state index in [4.69, 9.17) is 9.47 Å². The van der Waals surface area contributed by atoms with Crippen molar-refractivity contribution in [3.8, 4) is 0 Å². The predicted molar refractivity (Wildman–Crippen MR) is 78.3 cm³/mol. The Labute approximate surface area is 123 Å². The lowest BCUT2D eigenvalue weighted by molar-refractivity contribution is -0.384. The van der Waals surface area contributed by atoms with E-state index in [1.54, 1.807) is 12.1 Å². The highest BCUT2D eigenvalue weighted by Gasteiger charge is 2.40. The molecule has 0 atom stereocenters. The maximum absolute atomic E-state index is 10.9. The van der Waals surface area contributed by atoms with Crippen LogP contribution >= 0.6 is 0 Å². The third kappa shape index (κ3) is 3.01. The molecule has 1 aliphatic carbocycles. The molecule has 1 saturated heterocycles. The number of rotatable bonds is 3. The highest BCUT2D eigenvalue weighted by atomic mass is 16.7. The Morgan fingerprint density at radius 3 is 2.57 bits per heavy atom. The fraction of sp³-hybridized carbons (Fsp3) is 0.600. The van der Waals surface area contributed by atoms with Crippen molar-refractivity contribution in [2.75, 3.05) is 18.5 Å². The molecule has 1 aromatic carbocycles. The van der Waals surface area contributed by atoms with Crippen molar-refractivity contribution >= 4 is 11.4 Å². The van der Waals surface area contributed by atoms with Crippen molar-refractivity contribution in [2.45, 2.75) is 44.4 Å². The van der Waals surface area contributed by atoms with Gasteiger partial charge in [0.25, 0.3) is 5.69 Å². The fourth-order valence-corrected chi connectivity index (χ4v) is 3.09. The first kappa shape index (κ1) is 14.3. The van der Waals surface area contributed by atoms with Gasteiger partial charge in [0.05, 0.1) is 18.1 Å². The number of anilines is 1. The van der Waals surface area contributed by atoms with Crippen molar-refractivity contribution in [2.24, 2.45) is 0 Å². The van der Waals surface area contributed by atoms with Gasteiger partial charge in [-0.15, -0.1) is 0 Å². The van der Waals surface area contributed by atoms with Crippen LogP contribution in [-0.4, -0.2) is 30.0 Å². The zero-order valence-electron chi connectivity index (χ0n) is 12.1. The Morgan fingerprint density at radius 2 is 1.95 bits per heavy atom. The van der Waals surface area contributed by atoms with Crippen LogP contribution in [-0.2, 0) is 9.47 Å². The third-order valence-corrected chi connectivity index (χ3v) is 4.35. The van der Waals surface area contributed by atoms with Crippen LogP contribution in [0, 0.1) is 17.0 Å². The summed E-state index contributed by atoms with van der Waals surface area (Å²) in [6.07, 6.45) is 3.64. The average Bonchev–Trinajstić information content (AvgIpc) is 2.92. The van der Waals surface area contributed by atoms with Gasteiger partial charge < -0.3 is 14.8 Å². The number of aryl methyl sites for hydroxylation is 1. The van der Waals surface area contributed by atoms with Gasteiger partial charge in [0, 0.05) is 36.7 Å². The minimum atomic E-state index is -0.365. The molecule has 0 unspecified atom stereocenters. The SMILES string of the molecule is Cc1ccc([N+](=O)[O-])cc1NC1CCC2(CC1)OCCO2. The first-order valence-corrected chi connectivity index (χ1v) is 7.37. The molecule has 2 fully saturated rings. The lowest BCUT2D eigenvalue weighted by atomic mass is 9.89. The number of hydrogen-bond acceptors (Lipinski definition) is 5. The first-order chi connectivity index (χ1) is 10.1. The fourth-order valence-electron chi connectivity index (χ4n) is 3.09. The number of nitrogens with one attached hydrogen (secondary N) is 1. The number of nitro benzene ring substituents is 1. The van der Waals surface area contributed by atoms with Gasteiger partial charge in [-0.2, -0.15) is 0 Å². The number of nitrogens with zero attached hydrogens (tertiary/aromatic N) is 1. The maximum Gasteiger partial charge on any atom is 0.271 e. The van der Waals surface area contributed by atoms with E-state index in [1.165, 1.54) is 6.07 Å². The number of hydrogen-bond donors (Lipinski definition) is 1. The van der Waals surface area contributed by atoms with Gasteiger partial charge in [0.2, 0.25) is 0 Å². The standard InChI is InChI=1S/C15H20N2O4/c1-11-2-3-13(17(18)19)10-14(11)16-12-4-6-15(7-5-12)20-8-9-21-15/h2-3,10,12,16H,4-9H2,1H3. The van der Waals surface area contributed by atoms with Gasteiger partial charge in [0.1, 0.15) is 0 Å². The molecule has 3 rings (SSSR count). The molecule has 0 radical (unpaired) electrons. The van der Waals surface area contributed by atoms with E-state index in [0.29, 0.717) is 19.3 Å². The quantitative estimate of drug-likeness (QED) is 0.684. The van der Waals surface area contributed by atoms with Crippen LogP contribution in [0.3, 0.4) is 0 Å². The summed E-state index contributed by atoms with van der Waals surface area (Å²) in [4.78, 5) is 10.5. The zero-order valence-corrected chi connectivity index (χ0v) is 12.1. The Kier molecular flexibility index (Phi) is 3.82. The van der Waals surface area contributed by atoms with E-state index in [2.05, 4.69) is 5.32 Å².